The molecule has 4 rings (SSSR count). The number of fused-ring (bicyclic) bond motifs is 1. The van der Waals surface area contributed by atoms with Crippen LogP contribution in [0.2, 0.25) is 5.02 Å². The molecule has 32 heavy (non-hydrogen) atoms. The molecule has 0 atom stereocenters. The molecular formula is C21H14Cl2N2O6S. The van der Waals surface area contributed by atoms with Crippen molar-refractivity contribution in [1.29, 1.82) is 0 Å². The lowest BCUT2D eigenvalue weighted by Gasteiger charge is -2.11. The van der Waals surface area contributed by atoms with E-state index >= 15 is 0 Å². The third-order valence-corrected chi connectivity index (χ3v) is 6.16. The fourth-order valence-corrected chi connectivity index (χ4v) is 4.11. The molecule has 4 aromatic rings. The van der Waals surface area contributed by atoms with Gasteiger partial charge in [-0.15, -0.1) is 5.10 Å². The first-order valence-corrected chi connectivity index (χ1v) is 12.0. The van der Waals surface area contributed by atoms with Gasteiger partial charge in [-0.3, -0.25) is 4.79 Å². The number of nitrogens with zero attached hydrogens (tertiary/aromatic N) is 2. The van der Waals surface area contributed by atoms with E-state index in [1.807, 2.05) is 0 Å². The van der Waals surface area contributed by atoms with E-state index < -0.39 is 20.2 Å². The zero-order chi connectivity index (χ0) is 23.0. The molecule has 0 fully saturated rings. The van der Waals surface area contributed by atoms with Crippen molar-refractivity contribution >= 4 is 42.3 Å². The van der Waals surface area contributed by atoms with E-state index in [2.05, 4.69) is 10.2 Å². The monoisotopic (exact) mass is 492 g/mol. The van der Waals surface area contributed by atoms with Gasteiger partial charge in [0, 0.05) is 34.8 Å². The van der Waals surface area contributed by atoms with E-state index in [1.165, 1.54) is 18.2 Å². The van der Waals surface area contributed by atoms with Gasteiger partial charge in [-0.2, -0.15) is 5.10 Å². The van der Waals surface area contributed by atoms with Gasteiger partial charge in [-0.25, -0.2) is 8.42 Å². The van der Waals surface area contributed by atoms with Crippen LogP contribution < -0.4 is 5.43 Å². The van der Waals surface area contributed by atoms with Gasteiger partial charge in [-0.1, -0.05) is 23.7 Å². The fourth-order valence-electron chi connectivity index (χ4n) is 3.20. The standard InChI is InChI=1S/C21H14Cl2N2O6S/c22-13-4-2-1-3-12(13)18-10-17(28)20-16(27)9-15(26)19(21(20)31-18)14-6-5-11(24-25-14)7-8-32(23,29)30/h1-6,9-10,26-27H,7-8H2. The summed E-state index contributed by atoms with van der Waals surface area (Å²) in [5, 5.41) is 29.0. The minimum Gasteiger partial charge on any atom is -0.507 e. The number of phenols is 2. The predicted molar refractivity (Wildman–Crippen MR) is 121 cm³/mol. The van der Waals surface area contributed by atoms with Crippen molar-refractivity contribution in [3.8, 4) is 34.1 Å². The maximum Gasteiger partial charge on any atom is 0.232 e. The Morgan fingerprint density at radius 2 is 1.75 bits per heavy atom. The summed E-state index contributed by atoms with van der Waals surface area (Å²) in [7, 11) is 1.53. The smallest absolute Gasteiger partial charge is 0.232 e. The minimum atomic E-state index is -3.69. The van der Waals surface area contributed by atoms with Crippen molar-refractivity contribution in [2.75, 3.05) is 5.75 Å². The van der Waals surface area contributed by atoms with Crippen LogP contribution in [0.4, 0.5) is 0 Å². The SMILES string of the molecule is O=c1cc(-c2ccccc2Cl)oc2c(-c3ccc(CCS(=O)(=O)Cl)nn3)c(O)cc(O)c12. The molecule has 0 aliphatic carbocycles. The highest BCUT2D eigenvalue weighted by Crippen LogP contribution is 2.41. The van der Waals surface area contributed by atoms with E-state index in [4.69, 9.17) is 26.7 Å². The number of benzene rings is 2. The third kappa shape index (κ3) is 4.40. The predicted octanol–water partition coefficient (Wildman–Crippen LogP) is 4.09. The molecule has 0 aliphatic rings. The van der Waals surface area contributed by atoms with E-state index in [0.717, 1.165) is 6.07 Å². The summed E-state index contributed by atoms with van der Waals surface area (Å²) in [5.74, 6) is -1.03. The highest BCUT2D eigenvalue weighted by atomic mass is 35.7. The second-order valence-electron chi connectivity index (χ2n) is 6.85. The molecule has 2 heterocycles. The summed E-state index contributed by atoms with van der Waals surface area (Å²) in [6.45, 7) is 0. The Morgan fingerprint density at radius 1 is 1.00 bits per heavy atom. The maximum absolute atomic E-state index is 12.8. The van der Waals surface area contributed by atoms with Gasteiger partial charge in [0.05, 0.1) is 22.0 Å². The van der Waals surface area contributed by atoms with Crippen molar-refractivity contribution in [2.45, 2.75) is 6.42 Å². The molecule has 0 unspecified atom stereocenters. The second-order valence-corrected chi connectivity index (χ2v) is 10.2. The second kappa shape index (κ2) is 8.42. The average molecular weight is 493 g/mol. The molecule has 0 bridgehead atoms. The highest BCUT2D eigenvalue weighted by molar-refractivity contribution is 8.13. The largest absolute Gasteiger partial charge is 0.507 e. The van der Waals surface area contributed by atoms with Crippen LogP contribution in [0.1, 0.15) is 5.69 Å². The molecule has 164 valence electrons. The molecule has 0 radical (unpaired) electrons. The van der Waals surface area contributed by atoms with Crippen molar-refractivity contribution in [1.82, 2.24) is 10.2 Å². The number of halogens is 2. The normalized spacial score (nSPS) is 11.7. The summed E-state index contributed by atoms with van der Waals surface area (Å²) in [6.07, 6.45) is 0.0488. The molecule has 2 aromatic heterocycles. The first-order valence-electron chi connectivity index (χ1n) is 9.17. The molecule has 0 aliphatic heterocycles. The Bertz CT molecular complexity index is 1500. The Kier molecular flexibility index (Phi) is 5.81. The van der Waals surface area contributed by atoms with E-state index in [1.54, 1.807) is 24.3 Å². The number of aryl methyl sites for hydroxylation is 1. The van der Waals surface area contributed by atoms with E-state index in [9.17, 15) is 23.4 Å². The van der Waals surface area contributed by atoms with Crippen LogP contribution in [-0.2, 0) is 15.5 Å². The van der Waals surface area contributed by atoms with Gasteiger partial charge in [0.1, 0.15) is 28.3 Å². The highest BCUT2D eigenvalue weighted by Gasteiger charge is 2.21. The molecule has 0 saturated carbocycles. The van der Waals surface area contributed by atoms with Gasteiger partial charge >= 0.3 is 0 Å². The van der Waals surface area contributed by atoms with Crippen molar-refractivity contribution < 1.29 is 23.0 Å². The zero-order valence-corrected chi connectivity index (χ0v) is 18.4. The fraction of sp³-hybridized carbons (Fsp3) is 0.0952. The summed E-state index contributed by atoms with van der Waals surface area (Å²) in [4.78, 5) is 12.8. The van der Waals surface area contributed by atoms with Crippen LogP contribution in [0.15, 0.2) is 57.7 Å². The summed E-state index contributed by atoms with van der Waals surface area (Å²) >= 11 is 6.23. The maximum atomic E-state index is 12.8. The molecule has 0 saturated heterocycles. The number of rotatable bonds is 5. The number of aromatic hydroxyl groups is 2. The molecule has 0 amide bonds. The molecule has 2 N–H and O–H groups in total. The van der Waals surface area contributed by atoms with Crippen LogP contribution in [0, 0.1) is 0 Å². The van der Waals surface area contributed by atoms with Crippen LogP contribution in [0.3, 0.4) is 0 Å². The number of aromatic nitrogens is 2. The Balaban J connectivity index is 1.89. The number of hydrogen-bond acceptors (Lipinski definition) is 8. The van der Waals surface area contributed by atoms with Crippen LogP contribution in [0.25, 0.3) is 33.6 Å². The topological polar surface area (TPSA) is 131 Å². The number of phenolic OH excluding ortho intramolecular Hbond substituents is 2. The van der Waals surface area contributed by atoms with Gasteiger partial charge in [0.15, 0.2) is 11.0 Å². The third-order valence-electron chi connectivity index (χ3n) is 4.68. The molecular weight excluding hydrogens is 479 g/mol. The first-order chi connectivity index (χ1) is 15.1. The lowest BCUT2D eigenvalue weighted by atomic mass is 10.0. The lowest BCUT2D eigenvalue weighted by Crippen LogP contribution is -2.05. The van der Waals surface area contributed by atoms with Crippen LogP contribution >= 0.6 is 22.3 Å². The first kappa shape index (κ1) is 22.1. The average Bonchev–Trinajstić information content (AvgIpc) is 2.72. The summed E-state index contributed by atoms with van der Waals surface area (Å²) in [5.41, 5.74) is 0.341. The van der Waals surface area contributed by atoms with Gasteiger partial charge in [-0.05, 0) is 24.3 Å². The molecule has 2 aromatic carbocycles. The Hall–Kier alpha value is -3.14. The summed E-state index contributed by atoms with van der Waals surface area (Å²) in [6, 6.07) is 11.9. The van der Waals surface area contributed by atoms with Crippen molar-refractivity contribution in [3.63, 3.8) is 0 Å². The van der Waals surface area contributed by atoms with Crippen molar-refractivity contribution in [2.24, 2.45) is 0 Å². The van der Waals surface area contributed by atoms with Crippen LogP contribution in [-0.4, -0.2) is 34.6 Å². The van der Waals surface area contributed by atoms with Crippen molar-refractivity contribution in [3.05, 3.63) is 69.5 Å². The quantitative estimate of drug-likeness (QED) is 0.398. The molecule has 0 spiro atoms. The Labute approximate surface area is 191 Å². The van der Waals surface area contributed by atoms with Crippen LogP contribution in [0.5, 0.6) is 11.5 Å². The minimum absolute atomic E-state index is 0.0350. The zero-order valence-electron chi connectivity index (χ0n) is 16.1. The summed E-state index contributed by atoms with van der Waals surface area (Å²) < 4.78 is 28.2. The van der Waals surface area contributed by atoms with E-state index in [-0.39, 0.29) is 45.9 Å². The van der Waals surface area contributed by atoms with E-state index in [0.29, 0.717) is 16.3 Å². The Morgan fingerprint density at radius 3 is 2.41 bits per heavy atom. The number of hydrogen-bond donors (Lipinski definition) is 2. The van der Waals surface area contributed by atoms with Gasteiger partial charge in [0.25, 0.3) is 0 Å². The van der Waals surface area contributed by atoms with Gasteiger partial charge in [0.2, 0.25) is 9.05 Å². The molecule has 11 heteroatoms. The lowest BCUT2D eigenvalue weighted by molar-refractivity contribution is 0.453. The van der Waals surface area contributed by atoms with Gasteiger partial charge < -0.3 is 14.6 Å². The molecule has 8 nitrogen and oxygen atoms in total.